The van der Waals surface area contributed by atoms with Crippen LogP contribution in [0.5, 0.6) is 0 Å². The first-order chi connectivity index (χ1) is 4.83. The summed E-state index contributed by atoms with van der Waals surface area (Å²) in [5, 5.41) is 3.09. The van der Waals surface area contributed by atoms with Gasteiger partial charge in [-0.05, 0) is 26.2 Å². The quantitative estimate of drug-likeness (QED) is 0.562. The van der Waals surface area contributed by atoms with Crippen LogP contribution in [-0.2, 0) is 4.74 Å². The van der Waals surface area contributed by atoms with Crippen molar-refractivity contribution in [1.82, 2.24) is 0 Å². The van der Waals surface area contributed by atoms with E-state index >= 15 is 0 Å². The number of hydrogen-bond donors (Lipinski definition) is 0. The van der Waals surface area contributed by atoms with Crippen LogP contribution in [-0.4, -0.2) is 18.8 Å². The Morgan fingerprint density at radius 1 is 1.60 bits per heavy atom. The molecule has 1 rings (SSSR count). The summed E-state index contributed by atoms with van der Waals surface area (Å²) in [5.74, 6) is 0. The molecule has 0 aromatic heterocycles. The fourth-order valence-electron chi connectivity index (χ4n) is 1.14. The summed E-state index contributed by atoms with van der Waals surface area (Å²) in [7, 11) is 0. The van der Waals surface area contributed by atoms with Gasteiger partial charge in [0.2, 0.25) is 0 Å². The molecule has 0 aromatic rings. The molecule has 0 heterocycles. The molecule has 58 valence electrons. The lowest BCUT2D eigenvalue weighted by Gasteiger charge is -2.33. The van der Waals surface area contributed by atoms with Crippen LogP contribution < -0.4 is 0 Å². The van der Waals surface area contributed by atoms with Crippen molar-refractivity contribution < 1.29 is 4.74 Å². The molecule has 0 spiro atoms. The topological polar surface area (TPSA) is 38.7 Å². The Kier molecular flexibility index (Phi) is 2.38. The van der Waals surface area contributed by atoms with E-state index in [1.165, 1.54) is 0 Å². The van der Waals surface area contributed by atoms with Crippen LogP contribution in [0.4, 0.5) is 0 Å². The first-order valence-electron chi connectivity index (χ1n) is 3.75. The van der Waals surface area contributed by atoms with E-state index < -0.39 is 0 Å². The average Bonchev–Trinajstić information content (AvgIpc) is 1.87. The van der Waals surface area contributed by atoms with Crippen LogP contribution >= 0.6 is 0 Å². The maximum Gasteiger partial charge on any atom is 0.126 e. The standard InChI is InChI=1S/C7H13NO2/c1-2-10-6-7(8-9)4-3-5-7/h2-6H2,1H3. The first kappa shape index (κ1) is 7.66. The summed E-state index contributed by atoms with van der Waals surface area (Å²) in [6.07, 6.45) is 2.95. The van der Waals surface area contributed by atoms with Gasteiger partial charge >= 0.3 is 0 Å². The zero-order chi connectivity index (χ0) is 7.45. The molecule has 0 N–H and O–H groups in total. The minimum atomic E-state index is -0.337. The molecular weight excluding hydrogens is 130 g/mol. The van der Waals surface area contributed by atoms with Crippen LogP contribution in [0, 0.1) is 4.91 Å². The summed E-state index contributed by atoms with van der Waals surface area (Å²) >= 11 is 0. The Morgan fingerprint density at radius 2 is 2.30 bits per heavy atom. The van der Waals surface area contributed by atoms with Crippen LogP contribution in [0.1, 0.15) is 26.2 Å². The molecule has 3 nitrogen and oxygen atoms in total. The maximum absolute atomic E-state index is 10.3. The summed E-state index contributed by atoms with van der Waals surface area (Å²) in [6.45, 7) is 3.13. The zero-order valence-electron chi connectivity index (χ0n) is 6.30. The Balaban J connectivity index is 2.26. The number of nitroso groups, excluding NO2 is 1. The van der Waals surface area contributed by atoms with Crippen molar-refractivity contribution >= 4 is 0 Å². The van der Waals surface area contributed by atoms with Crippen molar-refractivity contribution in [3.8, 4) is 0 Å². The van der Waals surface area contributed by atoms with Gasteiger partial charge in [0.1, 0.15) is 5.54 Å². The molecule has 0 amide bonds. The first-order valence-corrected chi connectivity index (χ1v) is 3.75. The summed E-state index contributed by atoms with van der Waals surface area (Å²) in [6, 6.07) is 0. The summed E-state index contributed by atoms with van der Waals surface area (Å²) in [5.41, 5.74) is -0.337. The van der Waals surface area contributed by atoms with Crippen LogP contribution in [0.3, 0.4) is 0 Å². The molecule has 0 saturated heterocycles. The monoisotopic (exact) mass is 143 g/mol. The van der Waals surface area contributed by atoms with Crippen LogP contribution in [0.25, 0.3) is 0 Å². The summed E-state index contributed by atoms with van der Waals surface area (Å²) in [4.78, 5) is 10.3. The van der Waals surface area contributed by atoms with E-state index in [1.54, 1.807) is 0 Å². The Labute approximate surface area is 60.7 Å². The predicted molar refractivity (Wildman–Crippen MR) is 38.9 cm³/mol. The molecule has 0 unspecified atom stereocenters. The highest BCUT2D eigenvalue weighted by molar-refractivity contribution is 4.95. The van der Waals surface area contributed by atoms with E-state index in [4.69, 9.17) is 4.74 Å². The van der Waals surface area contributed by atoms with Crippen LogP contribution in [0.15, 0.2) is 5.18 Å². The van der Waals surface area contributed by atoms with Gasteiger partial charge in [0, 0.05) is 6.61 Å². The largest absolute Gasteiger partial charge is 0.379 e. The van der Waals surface area contributed by atoms with Crippen LogP contribution in [0.2, 0.25) is 0 Å². The third-order valence-electron chi connectivity index (χ3n) is 2.05. The molecule has 1 fully saturated rings. The van der Waals surface area contributed by atoms with Gasteiger partial charge in [0.25, 0.3) is 0 Å². The molecule has 1 aliphatic rings. The third kappa shape index (κ3) is 1.34. The molecular formula is C7H13NO2. The van der Waals surface area contributed by atoms with Gasteiger partial charge in [-0.15, -0.1) is 0 Å². The van der Waals surface area contributed by atoms with Crippen molar-refractivity contribution in [2.75, 3.05) is 13.2 Å². The number of nitrogens with zero attached hydrogens (tertiary/aromatic N) is 1. The van der Waals surface area contributed by atoms with Crippen molar-refractivity contribution in [1.29, 1.82) is 0 Å². The third-order valence-corrected chi connectivity index (χ3v) is 2.05. The van der Waals surface area contributed by atoms with Gasteiger partial charge in [0.15, 0.2) is 0 Å². The highest BCUT2D eigenvalue weighted by Gasteiger charge is 2.38. The van der Waals surface area contributed by atoms with E-state index in [2.05, 4.69) is 5.18 Å². The van der Waals surface area contributed by atoms with E-state index in [1.807, 2.05) is 6.92 Å². The number of rotatable bonds is 4. The number of hydrogen-bond acceptors (Lipinski definition) is 3. The Morgan fingerprint density at radius 3 is 2.60 bits per heavy atom. The highest BCUT2D eigenvalue weighted by Crippen LogP contribution is 2.35. The van der Waals surface area contributed by atoms with Gasteiger partial charge in [0.05, 0.1) is 6.61 Å². The van der Waals surface area contributed by atoms with Gasteiger partial charge in [-0.25, -0.2) is 0 Å². The second-order valence-corrected chi connectivity index (χ2v) is 2.81. The minimum absolute atomic E-state index is 0.337. The Hall–Kier alpha value is -0.440. The summed E-state index contributed by atoms with van der Waals surface area (Å²) < 4.78 is 5.14. The Bertz CT molecular complexity index is 121. The van der Waals surface area contributed by atoms with E-state index in [0.717, 1.165) is 19.3 Å². The second kappa shape index (κ2) is 3.10. The second-order valence-electron chi connectivity index (χ2n) is 2.81. The minimum Gasteiger partial charge on any atom is -0.379 e. The molecule has 10 heavy (non-hydrogen) atoms. The lowest BCUT2D eigenvalue weighted by molar-refractivity contribution is 0.0577. The van der Waals surface area contributed by atoms with E-state index in [9.17, 15) is 4.91 Å². The van der Waals surface area contributed by atoms with Crippen molar-refractivity contribution in [3.05, 3.63) is 4.91 Å². The smallest absolute Gasteiger partial charge is 0.126 e. The van der Waals surface area contributed by atoms with Gasteiger partial charge in [-0.3, -0.25) is 0 Å². The number of ether oxygens (including phenoxy) is 1. The molecule has 0 bridgehead atoms. The lowest BCUT2D eigenvalue weighted by atomic mass is 9.78. The zero-order valence-corrected chi connectivity index (χ0v) is 6.30. The molecule has 0 aliphatic heterocycles. The SMILES string of the molecule is CCOCC1(N=O)CCC1. The van der Waals surface area contributed by atoms with E-state index in [-0.39, 0.29) is 5.54 Å². The molecule has 0 atom stereocenters. The normalized spacial score (nSPS) is 21.7. The van der Waals surface area contributed by atoms with Crippen molar-refractivity contribution in [2.24, 2.45) is 5.18 Å². The predicted octanol–water partition coefficient (Wildman–Crippen LogP) is 1.71. The average molecular weight is 143 g/mol. The molecule has 1 aliphatic carbocycles. The van der Waals surface area contributed by atoms with E-state index in [0.29, 0.717) is 13.2 Å². The fraction of sp³-hybridized carbons (Fsp3) is 1.00. The van der Waals surface area contributed by atoms with Gasteiger partial charge < -0.3 is 4.74 Å². The van der Waals surface area contributed by atoms with Crippen molar-refractivity contribution in [2.45, 2.75) is 31.7 Å². The maximum atomic E-state index is 10.3. The van der Waals surface area contributed by atoms with Gasteiger partial charge in [-0.2, -0.15) is 4.91 Å². The molecule has 0 radical (unpaired) electrons. The lowest BCUT2D eigenvalue weighted by Crippen LogP contribution is -2.39. The highest BCUT2D eigenvalue weighted by atomic mass is 16.5. The molecule has 3 heteroatoms. The fourth-order valence-corrected chi connectivity index (χ4v) is 1.14. The molecule has 0 aromatic carbocycles. The van der Waals surface area contributed by atoms with Gasteiger partial charge in [-0.1, -0.05) is 5.18 Å². The van der Waals surface area contributed by atoms with Crippen molar-refractivity contribution in [3.63, 3.8) is 0 Å². The molecule has 1 saturated carbocycles.